The van der Waals surface area contributed by atoms with E-state index in [-0.39, 0.29) is 18.4 Å². The van der Waals surface area contributed by atoms with E-state index >= 15 is 0 Å². The normalized spacial score (nSPS) is 10.6. The number of hydrogen-bond acceptors (Lipinski definition) is 6. The van der Waals surface area contributed by atoms with Crippen LogP contribution in [0.3, 0.4) is 0 Å². The zero-order valence-electron chi connectivity index (χ0n) is 14.0. The monoisotopic (exact) mass is 370 g/mol. The average Bonchev–Trinajstić information content (AvgIpc) is 3.08. The van der Waals surface area contributed by atoms with Crippen LogP contribution in [0.25, 0.3) is 10.2 Å². The Morgan fingerprint density at radius 2 is 1.92 bits per heavy atom. The summed E-state index contributed by atoms with van der Waals surface area (Å²) in [5.74, 6) is -0.457. The number of hydrogen-bond donors (Lipinski definition) is 2. The van der Waals surface area contributed by atoms with Gasteiger partial charge in [-0.3, -0.25) is 14.6 Å². The molecule has 2 amide bonds. The van der Waals surface area contributed by atoms with Gasteiger partial charge in [0.25, 0.3) is 5.91 Å². The maximum absolute atomic E-state index is 11.8. The van der Waals surface area contributed by atoms with Gasteiger partial charge >= 0.3 is 0 Å². The number of carbonyl (C=O) groups is 2. The molecule has 0 saturated heterocycles. The Morgan fingerprint density at radius 1 is 1.08 bits per heavy atom. The molecule has 3 rings (SSSR count). The Bertz CT molecular complexity index is 849. The van der Waals surface area contributed by atoms with Crippen LogP contribution < -0.4 is 10.6 Å². The molecule has 2 heterocycles. The lowest BCUT2D eigenvalue weighted by Crippen LogP contribution is -2.36. The number of fused-ring (bicyclic) bond motifs is 1. The molecule has 7 nitrogen and oxygen atoms in total. The third-order valence-electron chi connectivity index (χ3n) is 3.45. The molecule has 0 saturated carbocycles. The van der Waals surface area contributed by atoms with E-state index in [9.17, 15) is 9.59 Å². The molecule has 134 valence electrons. The number of pyridine rings is 1. The van der Waals surface area contributed by atoms with Crippen LogP contribution >= 0.6 is 11.3 Å². The van der Waals surface area contributed by atoms with Crippen molar-refractivity contribution in [3.8, 4) is 0 Å². The minimum Gasteiger partial charge on any atom is -0.364 e. The van der Waals surface area contributed by atoms with E-state index in [1.165, 1.54) is 6.20 Å². The zero-order chi connectivity index (χ0) is 18.2. The number of benzene rings is 1. The molecule has 0 fully saturated rings. The van der Waals surface area contributed by atoms with Crippen LogP contribution in [0, 0.1) is 0 Å². The van der Waals surface area contributed by atoms with Gasteiger partial charge in [0.1, 0.15) is 11.6 Å². The van der Waals surface area contributed by atoms with Crippen LogP contribution in [0.1, 0.15) is 15.4 Å². The second-order valence-corrected chi connectivity index (χ2v) is 6.53. The lowest BCUT2D eigenvalue weighted by Gasteiger charge is -2.07. The Hall–Kier alpha value is -2.84. The van der Waals surface area contributed by atoms with Crippen molar-refractivity contribution >= 4 is 33.4 Å². The van der Waals surface area contributed by atoms with Crippen molar-refractivity contribution < 1.29 is 14.3 Å². The van der Waals surface area contributed by atoms with Gasteiger partial charge in [-0.05, 0) is 24.3 Å². The molecule has 3 aromatic rings. The molecule has 26 heavy (non-hydrogen) atoms. The summed E-state index contributed by atoms with van der Waals surface area (Å²) in [6, 6.07) is 11.2. The average molecular weight is 370 g/mol. The van der Waals surface area contributed by atoms with E-state index in [1.54, 1.807) is 29.7 Å². The van der Waals surface area contributed by atoms with Crippen LogP contribution in [0.5, 0.6) is 0 Å². The fourth-order valence-corrected chi connectivity index (χ4v) is 3.15. The Balaban J connectivity index is 1.31. The Labute approximate surface area is 154 Å². The van der Waals surface area contributed by atoms with Crippen LogP contribution in [0.15, 0.2) is 48.8 Å². The van der Waals surface area contributed by atoms with Crippen LogP contribution in [0.2, 0.25) is 0 Å². The first-order chi connectivity index (χ1) is 12.7. The topological polar surface area (TPSA) is 93.2 Å². The summed E-state index contributed by atoms with van der Waals surface area (Å²) in [5.41, 5.74) is 1.42. The third-order valence-corrected chi connectivity index (χ3v) is 4.46. The van der Waals surface area contributed by atoms with Crippen molar-refractivity contribution in [1.29, 1.82) is 0 Å². The summed E-state index contributed by atoms with van der Waals surface area (Å²) in [5, 5.41) is 6.24. The molecular weight excluding hydrogens is 352 g/mol. The number of nitrogens with zero attached hydrogens (tertiary/aromatic N) is 2. The molecule has 8 heteroatoms. The summed E-state index contributed by atoms with van der Waals surface area (Å²) in [7, 11) is 0. The summed E-state index contributed by atoms with van der Waals surface area (Å²) in [6.07, 6.45) is 3.09. The van der Waals surface area contributed by atoms with Gasteiger partial charge in [0, 0.05) is 25.5 Å². The first-order valence-electron chi connectivity index (χ1n) is 8.09. The maximum Gasteiger partial charge on any atom is 0.252 e. The fourth-order valence-electron chi connectivity index (χ4n) is 2.24. The molecular formula is C18H18N4O3S. The minimum atomic E-state index is -0.235. The molecule has 0 aliphatic heterocycles. The van der Waals surface area contributed by atoms with Crippen LogP contribution in [-0.4, -0.2) is 41.5 Å². The number of rotatable bonds is 8. The highest BCUT2D eigenvalue weighted by Gasteiger charge is 2.07. The molecule has 1 aromatic carbocycles. The number of amides is 2. The van der Waals surface area contributed by atoms with E-state index in [0.717, 1.165) is 15.2 Å². The lowest BCUT2D eigenvalue weighted by atomic mass is 10.3. The van der Waals surface area contributed by atoms with E-state index in [2.05, 4.69) is 20.6 Å². The Morgan fingerprint density at radius 3 is 2.73 bits per heavy atom. The highest BCUT2D eigenvalue weighted by molar-refractivity contribution is 7.18. The Kier molecular flexibility index (Phi) is 6.24. The number of aromatic nitrogens is 2. The third kappa shape index (κ3) is 5.08. The van der Waals surface area contributed by atoms with Crippen molar-refractivity contribution in [3.63, 3.8) is 0 Å². The molecule has 0 bridgehead atoms. The van der Waals surface area contributed by atoms with Crippen molar-refractivity contribution in [2.75, 3.05) is 19.7 Å². The van der Waals surface area contributed by atoms with E-state index in [1.807, 2.05) is 24.3 Å². The molecule has 0 unspecified atom stereocenters. The van der Waals surface area contributed by atoms with Gasteiger partial charge in [-0.25, -0.2) is 4.98 Å². The first-order valence-corrected chi connectivity index (χ1v) is 8.91. The predicted octanol–water partition coefficient (Wildman–Crippen LogP) is 1.75. The lowest BCUT2D eigenvalue weighted by molar-refractivity contribution is -0.126. The molecule has 0 aliphatic rings. The molecule has 2 N–H and O–H groups in total. The van der Waals surface area contributed by atoms with E-state index < -0.39 is 0 Å². The van der Waals surface area contributed by atoms with Gasteiger partial charge in [0.15, 0.2) is 0 Å². The molecule has 0 aliphatic carbocycles. The standard InChI is InChI=1S/C18H18N4O3S/c23-16(20-8-9-21-18(24)13-4-3-7-19-10-13)11-25-12-17-22-14-5-1-2-6-15(14)26-17/h1-7,10H,8-9,11-12H2,(H,20,23)(H,21,24). The zero-order valence-corrected chi connectivity index (χ0v) is 14.8. The number of ether oxygens (including phenoxy) is 1. The highest BCUT2D eigenvalue weighted by Crippen LogP contribution is 2.21. The SMILES string of the molecule is O=C(COCc1nc2ccccc2s1)NCCNC(=O)c1cccnc1. The highest BCUT2D eigenvalue weighted by atomic mass is 32.1. The predicted molar refractivity (Wildman–Crippen MR) is 98.9 cm³/mol. The smallest absolute Gasteiger partial charge is 0.252 e. The maximum atomic E-state index is 11.8. The van der Waals surface area contributed by atoms with E-state index in [4.69, 9.17) is 4.74 Å². The van der Waals surface area contributed by atoms with Crippen molar-refractivity contribution in [3.05, 3.63) is 59.4 Å². The van der Waals surface area contributed by atoms with Crippen LogP contribution in [-0.2, 0) is 16.1 Å². The number of thiazole rings is 1. The fraction of sp³-hybridized carbons (Fsp3) is 0.222. The largest absolute Gasteiger partial charge is 0.364 e. The summed E-state index contributed by atoms with van der Waals surface area (Å²) in [4.78, 5) is 31.9. The van der Waals surface area contributed by atoms with Crippen molar-refractivity contribution in [1.82, 2.24) is 20.6 Å². The molecule has 2 aromatic heterocycles. The quantitative estimate of drug-likeness (QED) is 0.589. The van der Waals surface area contributed by atoms with Gasteiger partial charge < -0.3 is 15.4 Å². The molecule has 0 atom stereocenters. The van der Waals surface area contributed by atoms with Gasteiger partial charge in [-0.15, -0.1) is 11.3 Å². The summed E-state index contributed by atoms with van der Waals surface area (Å²) in [6.45, 7) is 0.906. The van der Waals surface area contributed by atoms with Gasteiger partial charge in [0.05, 0.1) is 22.4 Å². The number of para-hydroxylation sites is 1. The van der Waals surface area contributed by atoms with Gasteiger partial charge in [0.2, 0.25) is 5.91 Å². The first kappa shape index (κ1) is 18.0. The summed E-state index contributed by atoms with van der Waals surface area (Å²) < 4.78 is 6.50. The van der Waals surface area contributed by atoms with E-state index in [0.29, 0.717) is 25.3 Å². The summed E-state index contributed by atoms with van der Waals surface area (Å²) >= 11 is 1.55. The van der Waals surface area contributed by atoms with Gasteiger partial charge in [-0.2, -0.15) is 0 Å². The minimum absolute atomic E-state index is 0.0491. The molecule has 0 spiro atoms. The van der Waals surface area contributed by atoms with Gasteiger partial charge in [-0.1, -0.05) is 12.1 Å². The van der Waals surface area contributed by atoms with Crippen LogP contribution in [0.4, 0.5) is 0 Å². The second-order valence-electron chi connectivity index (χ2n) is 5.42. The molecule has 0 radical (unpaired) electrons. The second kappa shape index (κ2) is 9.02. The van der Waals surface area contributed by atoms with Crippen molar-refractivity contribution in [2.45, 2.75) is 6.61 Å². The number of nitrogens with one attached hydrogen (secondary N) is 2. The number of carbonyl (C=O) groups excluding carboxylic acids is 2. The van der Waals surface area contributed by atoms with Crippen molar-refractivity contribution in [2.24, 2.45) is 0 Å².